The molecule has 0 aromatic carbocycles. The molecule has 11 heteroatoms. The molecular weight excluding hydrogens is 342 g/mol. The Hall–Kier alpha value is -1.82. The number of aromatic nitrogens is 4. The smallest absolute Gasteiger partial charge is 0.226 e. The minimum atomic E-state index is -1.26. The molecule has 1 aliphatic rings. The Labute approximate surface area is 141 Å². The number of nitrogens with zero attached hydrogens (tertiary/aromatic N) is 4. The molecule has 3 rings (SSSR count). The molecule has 24 heavy (non-hydrogen) atoms. The lowest BCUT2D eigenvalue weighted by atomic mass is 10.1. The number of halogens is 1. The van der Waals surface area contributed by atoms with E-state index >= 15 is 0 Å². The predicted octanol–water partition coefficient (Wildman–Crippen LogP) is -0.379. The van der Waals surface area contributed by atoms with Crippen LogP contribution in [0.4, 0.5) is 5.82 Å². The van der Waals surface area contributed by atoms with E-state index in [-0.39, 0.29) is 23.4 Å². The summed E-state index contributed by atoms with van der Waals surface area (Å²) in [6, 6.07) is 0. The Morgan fingerprint density at radius 1 is 1.42 bits per heavy atom. The number of nitrogens with one attached hydrogen (secondary N) is 1. The summed E-state index contributed by atoms with van der Waals surface area (Å²) in [7, 11) is 0. The first-order valence-electron chi connectivity index (χ1n) is 7.08. The van der Waals surface area contributed by atoms with Gasteiger partial charge in [0.15, 0.2) is 23.2 Å². The number of aliphatic hydroxyl groups excluding tert-OH is 3. The summed E-state index contributed by atoms with van der Waals surface area (Å²) in [5.41, 5.74) is 3.21. The van der Waals surface area contributed by atoms with Crippen LogP contribution in [0, 0.1) is 0 Å². The van der Waals surface area contributed by atoms with Crippen molar-refractivity contribution in [1.29, 1.82) is 0 Å². The van der Waals surface area contributed by atoms with Gasteiger partial charge in [-0.3, -0.25) is 9.40 Å². The first-order chi connectivity index (χ1) is 11.6. The van der Waals surface area contributed by atoms with Crippen LogP contribution >= 0.6 is 11.6 Å². The van der Waals surface area contributed by atoms with Gasteiger partial charge in [0.25, 0.3) is 0 Å². The van der Waals surface area contributed by atoms with E-state index in [9.17, 15) is 15.3 Å². The molecule has 0 bridgehead atoms. The number of ether oxygens (including phenoxy) is 1. The van der Waals surface area contributed by atoms with Crippen molar-refractivity contribution < 1.29 is 24.9 Å². The van der Waals surface area contributed by atoms with Crippen LogP contribution in [0.25, 0.3) is 11.2 Å². The standard InChI is InChI=1S/C13H16ClN5O5/c1-2-3-23-18-10-7-11(17-13(14)16-10)19(5-15-7)12-9(22)8(21)6(4-20)24-12/h2,5-6,8-9,12,20-22H,1,3-4H2,(H,16,17,18)/t6-,8-,9-,12-/m1/s1. The van der Waals surface area contributed by atoms with Crippen molar-refractivity contribution in [2.45, 2.75) is 24.5 Å². The van der Waals surface area contributed by atoms with Crippen LogP contribution in [0.2, 0.25) is 5.28 Å². The monoisotopic (exact) mass is 357 g/mol. The normalized spacial score (nSPS) is 26.8. The molecule has 2 aromatic rings. The summed E-state index contributed by atoms with van der Waals surface area (Å²) in [5.74, 6) is 0.234. The summed E-state index contributed by atoms with van der Waals surface area (Å²) in [6.07, 6.45) is -1.47. The fourth-order valence-corrected chi connectivity index (χ4v) is 2.59. The second-order valence-electron chi connectivity index (χ2n) is 5.10. The molecule has 4 N–H and O–H groups in total. The van der Waals surface area contributed by atoms with Gasteiger partial charge in [-0.2, -0.15) is 9.97 Å². The highest BCUT2D eigenvalue weighted by Gasteiger charge is 2.44. The van der Waals surface area contributed by atoms with E-state index < -0.39 is 31.1 Å². The van der Waals surface area contributed by atoms with Gasteiger partial charge in [0.05, 0.1) is 19.5 Å². The van der Waals surface area contributed by atoms with E-state index in [0.29, 0.717) is 5.52 Å². The minimum Gasteiger partial charge on any atom is -0.394 e. The number of rotatable bonds is 6. The molecule has 2 aromatic heterocycles. The van der Waals surface area contributed by atoms with Crippen LogP contribution in [0.1, 0.15) is 6.23 Å². The Kier molecular flexibility index (Phi) is 4.94. The summed E-state index contributed by atoms with van der Waals surface area (Å²) in [5, 5.41) is 29.1. The molecular formula is C13H16ClN5O5. The summed E-state index contributed by atoms with van der Waals surface area (Å²) in [4.78, 5) is 17.4. The Balaban J connectivity index is 1.97. The van der Waals surface area contributed by atoms with Crippen molar-refractivity contribution in [2.75, 3.05) is 18.7 Å². The summed E-state index contributed by atoms with van der Waals surface area (Å²) >= 11 is 5.92. The van der Waals surface area contributed by atoms with E-state index in [1.54, 1.807) is 6.08 Å². The van der Waals surface area contributed by atoms with Crippen LogP contribution in [-0.2, 0) is 9.57 Å². The largest absolute Gasteiger partial charge is 0.394 e. The lowest BCUT2D eigenvalue weighted by Gasteiger charge is -2.16. The fraction of sp³-hybridized carbons (Fsp3) is 0.462. The maximum absolute atomic E-state index is 10.1. The molecule has 1 fully saturated rings. The molecule has 130 valence electrons. The average Bonchev–Trinajstić information content (AvgIpc) is 3.10. The Morgan fingerprint density at radius 2 is 2.21 bits per heavy atom. The number of hydrogen-bond acceptors (Lipinski definition) is 9. The van der Waals surface area contributed by atoms with Gasteiger partial charge in [0, 0.05) is 0 Å². The van der Waals surface area contributed by atoms with Crippen LogP contribution in [0.15, 0.2) is 19.0 Å². The number of anilines is 1. The Morgan fingerprint density at radius 3 is 2.88 bits per heavy atom. The zero-order valence-corrected chi connectivity index (χ0v) is 13.2. The molecule has 10 nitrogen and oxygen atoms in total. The zero-order valence-electron chi connectivity index (χ0n) is 12.4. The second kappa shape index (κ2) is 6.97. The first kappa shape index (κ1) is 17.0. The summed E-state index contributed by atoms with van der Waals surface area (Å²) in [6.45, 7) is 3.33. The second-order valence-corrected chi connectivity index (χ2v) is 5.43. The minimum absolute atomic E-state index is 0.0688. The third kappa shape index (κ3) is 2.95. The number of fused-ring (bicyclic) bond motifs is 1. The molecule has 0 unspecified atom stereocenters. The Bertz CT molecular complexity index is 741. The molecule has 1 aliphatic heterocycles. The van der Waals surface area contributed by atoms with E-state index in [2.05, 4.69) is 27.0 Å². The van der Waals surface area contributed by atoms with Gasteiger partial charge in [-0.15, -0.1) is 6.58 Å². The maximum Gasteiger partial charge on any atom is 0.226 e. The van der Waals surface area contributed by atoms with E-state index in [1.807, 2.05) is 0 Å². The molecule has 0 spiro atoms. The number of aliphatic hydroxyl groups is 3. The highest BCUT2D eigenvalue weighted by molar-refractivity contribution is 6.28. The molecule has 3 heterocycles. The quantitative estimate of drug-likeness (QED) is 0.236. The fourth-order valence-electron chi connectivity index (χ4n) is 2.43. The summed E-state index contributed by atoms with van der Waals surface area (Å²) < 4.78 is 6.88. The zero-order chi connectivity index (χ0) is 17.3. The topological polar surface area (TPSA) is 135 Å². The van der Waals surface area contributed by atoms with Gasteiger partial charge in [0.1, 0.15) is 18.3 Å². The molecule has 0 aliphatic carbocycles. The van der Waals surface area contributed by atoms with Crippen molar-refractivity contribution in [3.63, 3.8) is 0 Å². The average molecular weight is 358 g/mol. The van der Waals surface area contributed by atoms with Crippen molar-refractivity contribution in [2.24, 2.45) is 0 Å². The molecule has 4 atom stereocenters. The predicted molar refractivity (Wildman–Crippen MR) is 83.1 cm³/mol. The van der Waals surface area contributed by atoms with Crippen LogP contribution in [0.3, 0.4) is 0 Å². The van der Waals surface area contributed by atoms with Gasteiger partial charge < -0.3 is 20.1 Å². The molecule has 0 saturated carbocycles. The van der Waals surface area contributed by atoms with Gasteiger partial charge in [-0.05, 0) is 11.6 Å². The van der Waals surface area contributed by atoms with Crippen molar-refractivity contribution in [1.82, 2.24) is 19.5 Å². The van der Waals surface area contributed by atoms with Crippen molar-refractivity contribution in [3.8, 4) is 0 Å². The van der Waals surface area contributed by atoms with Crippen LogP contribution < -0.4 is 5.48 Å². The van der Waals surface area contributed by atoms with E-state index in [0.717, 1.165) is 0 Å². The van der Waals surface area contributed by atoms with Gasteiger partial charge in [-0.25, -0.2) is 10.5 Å². The third-order valence-electron chi connectivity index (χ3n) is 3.56. The lowest BCUT2D eigenvalue weighted by Crippen LogP contribution is -2.33. The van der Waals surface area contributed by atoms with Crippen molar-refractivity contribution in [3.05, 3.63) is 24.3 Å². The van der Waals surface area contributed by atoms with Gasteiger partial charge in [-0.1, -0.05) is 6.08 Å². The van der Waals surface area contributed by atoms with Crippen LogP contribution in [-0.4, -0.2) is 66.4 Å². The molecule has 0 radical (unpaired) electrons. The maximum atomic E-state index is 10.1. The van der Waals surface area contributed by atoms with Crippen LogP contribution in [0.5, 0.6) is 0 Å². The van der Waals surface area contributed by atoms with E-state index in [1.165, 1.54) is 10.9 Å². The van der Waals surface area contributed by atoms with Gasteiger partial charge >= 0.3 is 0 Å². The number of hydrogen-bond donors (Lipinski definition) is 4. The first-order valence-corrected chi connectivity index (χ1v) is 7.45. The number of imidazole rings is 1. The van der Waals surface area contributed by atoms with Gasteiger partial charge in [0.2, 0.25) is 5.28 Å². The highest BCUT2D eigenvalue weighted by Crippen LogP contribution is 2.32. The SMILES string of the molecule is C=CCONc1nc(Cl)nc2c1ncn2[C@@H]1O[C@H](CO)[C@@H](O)[C@H]1O. The highest BCUT2D eigenvalue weighted by atomic mass is 35.5. The molecule has 1 saturated heterocycles. The third-order valence-corrected chi connectivity index (χ3v) is 3.72. The van der Waals surface area contributed by atoms with Crippen molar-refractivity contribution >= 4 is 28.6 Å². The lowest BCUT2D eigenvalue weighted by molar-refractivity contribution is -0.0511. The van der Waals surface area contributed by atoms with E-state index in [4.69, 9.17) is 21.2 Å². The molecule has 0 amide bonds.